The molecule has 0 bridgehead atoms. The van der Waals surface area contributed by atoms with Crippen LogP contribution in [-0.4, -0.2) is 68.9 Å². The first-order valence-electron chi connectivity index (χ1n) is 8.68. The summed E-state index contributed by atoms with van der Waals surface area (Å²) in [6.07, 6.45) is 0.327. The van der Waals surface area contributed by atoms with Gasteiger partial charge in [0.15, 0.2) is 5.96 Å². The Morgan fingerprint density at radius 2 is 1.81 bits per heavy atom. The quantitative estimate of drug-likeness (QED) is 0.204. The molecule has 1 saturated heterocycles. The van der Waals surface area contributed by atoms with E-state index in [0.717, 1.165) is 18.9 Å². The molecule has 0 aliphatic carbocycles. The number of alkyl carbamates (subject to hydrolysis) is 1. The number of esters is 1. The van der Waals surface area contributed by atoms with Crippen LogP contribution < -0.4 is 10.6 Å². The van der Waals surface area contributed by atoms with Gasteiger partial charge in [-0.05, 0) is 33.1 Å². The van der Waals surface area contributed by atoms with E-state index in [1.54, 1.807) is 7.05 Å². The minimum Gasteiger partial charge on any atom is -0.469 e. The van der Waals surface area contributed by atoms with E-state index < -0.39 is 11.7 Å². The molecule has 2 N–H and O–H groups in total. The Bertz CT molecular complexity index is 494. The lowest BCUT2D eigenvalue weighted by Gasteiger charge is -2.22. The number of rotatable bonds is 5. The van der Waals surface area contributed by atoms with Gasteiger partial charge in [0.1, 0.15) is 5.60 Å². The lowest BCUT2D eigenvalue weighted by molar-refractivity contribution is -0.145. The van der Waals surface area contributed by atoms with Crippen LogP contribution in [0.2, 0.25) is 0 Å². The third kappa shape index (κ3) is 8.41. The maximum atomic E-state index is 11.8. The predicted octanol–water partition coefficient (Wildman–Crippen LogP) is 1.84. The van der Waals surface area contributed by atoms with Crippen LogP contribution in [0.15, 0.2) is 4.99 Å². The molecule has 0 saturated carbocycles. The molecule has 1 fully saturated rings. The molecule has 8 nitrogen and oxygen atoms in total. The molecule has 0 aromatic heterocycles. The lowest BCUT2D eigenvalue weighted by atomic mass is 9.99. The van der Waals surface area contributed by atoms with E-state index in [1.165, 1.54) is 7.11 Å². The summed E-state index contributed by atoms with van der Waals surface area (Å²) in [5.41, 5.74) is -0.493. The fraction of sp³-hybridized carbons (Fsp3) is 0.824. The van der Waals surface area contributed by atoms with Gasteiger partial charge < -0.3 is 25.0 Å². The average molecular weight is 484 g/mol. The molecule has 1 aliphatic heterocycles. The molecule has 1 rings (SSSR count). The molecule has 152 valence electrons. The smallest absolute Gasteiger partial charge is 0.407 e. The number of hydrogen-bond acceptors (Lipinski definition) is 5. The summed E-state index contributed by atoms with van der Waals surface area (Å²) in [5, 5.41) is 5.98. The number of guanidine groups is 1. The van der Waals surface area contributed by atoms with Crippen LogP contribution in [0.4, 0.5) is 4.79 Å². The van der Waals surface area contributed by atoms with Crippen molar-refractivity contribution in [1.29, 1.82) is 0 Å². The van der Waals surface area contributed by atoms with Crippen LogP contribution >= 0.6 is 24.0 Å². The minimum atomic E-state index is -0.493. The number of methoxy groups -OCH3 is 1. The van der Waals surface area contributed by atoms with Crippen molar-refractivity contribution in [1.82, 2.24) is 15.5 Å². The Balaban J connectivity index is 0.00000625. The highest BCUT2D eigenvalue weighted by atomic mass is 127. The third-order valence-electron chi connectivity index (χ3n) is 3.93. The molecular weight excluding hydrogens is 451 g/mol. The van der Waals surface area contributed by atoms with Gasteiger partial charge in [0.2, 0.25) is 0 Å². The molecule has 26 heavy (non-hydrogen) atoms. The number of ether oxygens (including phenoxy) is 2. The zero-order valence-electron chi connectivity index (χ0n) is 16.6. The third-order valence-corrected chi connectivity index (χ3v) is 3.93. The van der Waals surface area contributed by atoms with Crippen LogP contribution in [0, 0.1) is 11.8 Å². The van der Waals surface area contributed by atoms with Gasteiger partial charge in [0, 0.05) is 33.2 Å². The Morgan fingerprint density at radius 3 is 2.35 bits per heavy atom. The zero-order chi connectivity index (χ0) is 19.0. The van der Waals surface area contributed by atoms with Crippen LogP contribution in [0.25, 0.3) is 0 Å². The number of likely N-dealkylation sites (tertiary alicyclic amines) is 1. The van der Waals surface area contributed by atoms with Crippen LogP contribution in [0.5, 0.6) is 0 Å². The first-order valence-corrected chi connectivity index (χ1v) is 8.68. The second kappa shape index (κ2) is 11.5. The van der Waals surface area contributed by atoms with Gasteiger partial charge in [-0.2, -0.15) is 0 Å². The van der Waals surface area contributed by atoms with E-state index in [4.69, 9.17) is 9.47 Å². The number of amides is 1. The Morgan fingerprint density at radius 1 is 1.19 bits per heavy atom. The van der Waals surface area contributed by atoms with Crippen LogP contribution in [0.1, 0.15) is 34.1 Å². The summed E-state index contributed by atoms with van der Waals surface area (Å²) in [5.74, 6) is 0.680. The summed E-state index contributed by atoms with van der Waals surface area (Å²) in [7, 11) is 3.14. The molecule has 0 aromatic rings. The molecule has 1 amide bonds. The number of nitrogens with zero attached hydrogens (tertiary/aromatic N) is 2. The first kappa shape index (κ1) is 24.7. The molecule has 9 heteroatoms. The first-order chi connectivity index (χ1) is 11.7. The second-order valence-corrected chi connectivity index (χ2v) is 7.27. The zero-order valence-corrected chi connectivity index (χ0v) is 19.0. The van der Waals surface area contributed by atoms with Crippen molar-refractivity contribution in [3.05, 3.63) is 0 Å². The molecule has 2 atom stereocenters. The van der Waals surface area contributed by atoms with Crippen molar-refractivity contribution in [2.75, 3.05) is 40.3 Å². The molecule has 1 heterocycles. The summed E-state index contributed by atoms with van der Waals surface area (Å²) < 4.78 is 10.0. The molecule has 0 radical (unpaired) electrons. The predicted molar refractivity (Wildman–Crippen MR) is 112 cm³/mol. The topological polar surface area (TPSA) is 92.3 Å². The van der Waals surface area contributed by atoms with Gasteiger partial charge in [0.05, 0.1) is 13.0 Å². The van der Waals surface area contributed by atoms with E-state index in [1.807, 2.05) is 27.7 Å². The van der Waals surface area contributed by atoms with Gasteiger partial charge in [0.25, 0.3) is 0 Å². The fourth-order valence-electron chi connectivity index (χ4n) is 2.72. The monoisotopic (exact) mass is 484 g/mol. The van der Waals surface area contributed by atoms with Gasteiger partial charge in [-0.25, -0.2) is 4.79 Å². The van der Waals surface area contributed by atoms with E-state index in [0.29, 0.717) is 19.6 Å². The van der Waals surface area contributed by atoms with E-state index in [-0.39, 0.29) is 41.8 Å². The maximum absolute atomic E-state index is 11.8. The average Bonchev–Trinajstić information content (AvgIpc) is 2.90. The summed E-state index contributed by atoms with van der Waals surface area (Å²) in [6, 6.07) is 0. The van der Waals surface area contributed by atoms with Crippen molar-refractivity contribution in [3.63, 3.8) is 0 Å². The second-order valence-electron chi connectivity index (χ2n) is 7.27. The fourth-order valence-corrected chi connectivity index (χ4v) is 2.72. The number of carbonyl (C=O) groups is 2. The SMILES string of the molecule is CN=C(NCCCNC(=O)OC(C)(C)C)N1CC(C)C(C(=O)OC)C1.I. The van der Waals surface area contributed by atoms with Gasteiger partial charge in [-0.1, -0.05) is 6.92 Å². The molecular formula is C17H33IN4O4. The number of halogens is 1. The van der Waals surface area contributed by atoms with E-state index >= 15 is 0 Å². The number of aliphatic imine (C=N–C) groups is 1. The Kier molecular flexibility index (Phi) is 10.9. The molecule has 0 spiro atoms. The molecule has 2 unspecified atom stereocenters. The Hall–Kier alpha value is -1.26. The van der Waals surface area contributed by atoms with Gasteiger partial charge in [-0.3, -0.25) is 9.79 Å². The maximum Gasteiger partial charge on any atom is 0.407 e. The van der Waals surface area contributed by atoms with Gasteiger partial charge >= 0.3 is 12.1 Å². The standard InChI is InChI=1S/C17H32N4O4.HI/c1-12-10-21(11-13(12)14(22)24-6)15(18-5)19-8-7-9-20-16(23)25-17(2,3)4;/h12-13H,7-11H2,1-6H3,(H,18,19)(H,20,23);1H. The highest BCUT2D eigenvalue weighted by Crippen LogP contribution is 2.23. The highest BCUT2D eigenvalue weighted by Gasteiger charge is 2.36. The van der Waals surface area contributed by atoms with Gasteiger partial charge in [-0.15, -0.1) is 24.0 Å². The Labute approximate surface area is 173 Å². The minimum absolute atomic E-state index is 0. The summed E-state index contributed by atoms with van der Waals surface area (Å²) in [6.45, 7) is 10.1. The van der Waals surface area contributed by atoms with Crippen LogP contribution in [0.3, 0.4) is 0 Å². The van der Waals surface area contributed by atoms with E-state index in [2.05, 4.69) is 20.5 Å². The highest BCUT2D eigenvalue weighted by molar-refractivity contribution is 14.0. The van der Waals surface area contributed by atoms with Crippen molar-refractivity contribution in [2.24, 2.45) is 16.8 Å². The largest absolute Gasteiger partial charge is 0.469 e. The summed E-state index contributed by atoms with van der Waals surface area (Å²) >= 11 is 0. The van der Waals surface area contributed by atoms with Crippen molar-refractivity contribution >= 4 is 42.0 Å². The number of nitrogens with one attached hydrogen (secondary N) is 2. The molecule has 1 aliphatic rings. The number of carbonyl (C=O) groups excluding carboxylic acids is 2. The lowest BCUT2D eigenvalue weighted by Crippen LogP contribution is -2.41. The normalized spacial score (nSPS) is 20.2. The van der Waals surface area contributed by atoms with Crippen molar-refractivity contribution < 1.29 is 19.1 Å². The summed E-state index contributed by atoms with van der Waals surface area (Å²) in [4.78, 5) is 29.7. The van der Waals surface area contributed by atoms with Crippen LogP contribution in [-0.2, 0) is 14.3 Å². The van der Waals surface area contributed by atoms with Crippen molar-refractivity contribution in [3.8, 4) is 0 Å². The number of hydrogen-bond donors (Lipinski definition) is 2. The van der Waals surface area contributed by atoms with Crippen molar-refractivity contribution in [2.45, 2.75) is 39.7 Å². The van der Waals surface area contributed by atoms with E-state index in [9.17, 15) is 9.59 Å². The molecule has 0 aromatic carbocycles.